The zero-order valence-electron chi connectivity index (χ0n) is 21.6. The highest BCUT2D eigenvalue weighted by Gasteiger charge is 2.56. The standard InChI is InChI=1S/C23H26N10O8/c1-33-14-9-37-15-8-13(29-32-26)22(40-20(15)19(14)41-23(33)36)39-18-12(28-31-25)7-11(27-30-24)17(16(18)34)38-21(35)10-5-3-2-4-6-10/h2-6,11-20,22,34H,7-9H2,1H3/t11-,12+,13-,14-,15+,16-,17+,18-,19-,20+,22+/m1/s1. The van der Waals surface area contributed by atoms with Crippen LogP contribution in [0.2, 0.25) is 0 Å². The molecule has 3 saturated heterocycles. The molecule has 11 atom stereocenters. The first kappa shape index (κ1) is 28.3. The van der Waals surface area contributed by atoms with Crippen molar-refractivity contribution in [3.63, 3.8) is 0 Å². The molecule has 3 aliphatic heterocycles. The molecule has 18 nitrogen and oxygen atoms in total. The summed E-state index contributed by atoms with van der Waals surface area (Å²) in [5, 5.41) is 22.6. The number of aliphatic hydroxyl groups is 1. The highest BCUT2D eigenvalue weighted by molar-refractivity contribution is 5.89. The number of hydrogen-bond acceptors (Lipinski definition) is 11. The molecule has 1 aliphatic carbocycles. The molecule has 1 aromatic rings. The van der Waals surface area contributed by atoms with Gasteiger partial charge in [0.2, 0.25) is 0 Å². The minimum absolute atomic E-state index is 0.135. The molecule has 4 fully saturated rings. The summed E-state index contributed by atoms with van der Waals surface area (Å²) >= 11 is 0. The van der Waals surface area contributed by atoms with E-state index in [9.17, 15) is 25.8 Å². The number of carbonyl (C=O) groups excluding carboxylic acids is 2. The molecule has 0 aromatic heterocycles. The Morgan fingerprint density at radius 2 is 1.66 bits per heavy atom. The zero-order chi connectivity index (χ0) is 29.1. The highest BCUT2D eigenvalue weighted by Crippen LogP contribution is 2.39. The van der Waals surface area contributed by atoms with Crippen LogP contribution < -0.4 is 0 Å². The van der Waals surface area contributed by atoms with Gasteiger partial charge in [-0.25, -0.2) is 9.59 Å². The van der Waals surface area contributed by atoms with Gasteiger partial charge < -0.3 is 33.7 Å². The maximum atomic E-state index is 12.8. The second kappa shape index (κ2) is 12.1. The van der Waals surface area contributed by atoms with Gasteiger partial charge in [-0.15, -0.1) is 0 Å². The lowest BCUT2D eigenvalue weighted by atomic mass is 9.84. The van der Waals surface area contributed by atoms with E-state index in [2.05, 4.69) is 30.1 Å². The number of amides is 1. The van der Waals surface area contributed by atoms with Gasteiger partial charge in [0.1, 0.15) is 18.3 Å². The SMILES string of the molecule is CN1C(=O)O[C@H]2[C@H]3O[C@H](O[C@H]4[C@H](O)[C@@H](OC(=O)c5ccccc5)[C@H](N=[N+]=[N-])C[C@@H]4N=[N+]=[N-])[C@H](N=[N+]=[N-])C[C@@H]3OC[C@H]21. The quantitative estimate of drug-likeness (QED) is 0.220. The molecule has 1 aromatic carbocycles. The van der Waals surface area contributed by atoms with Crippen molar-refractivity contribution in [2.45, 2.75) is 79.9 Å². The summed E-state index contributed by atoms with van der Waals surface area (Å²) < 4.78 is 29.3. The van der Waals surface area contributed by atoms with Crippen LogP contribution in [-0.4, -0.2) is 103 Å². The molecule has 0 bridgehead atoms. The predicted octanol–water partition coefficient (Wildman–Crippen LogP) is 2.73. The third-order valence-electron chi connectivity index (χ3n) is 7.71. The monoisotopic (exact) mass is 570 g/mol. The number of benzene rings is 1. The van der Waals surface area contributed by atoms with E-state index in [0.29, 0.717) is 0 Å². The first-order valence-corrected chi connectivity index (χ1v) is 12.8. The zero-order valence-corrected chi connectivity index (χ0v) is 21.6. The van der Waals surface area contributed by atoms with E-state index in [4.69, 9.17) is 29.2 Å². The second-order valence-corrected chi connectivity index (χ2v) is 9.98. The van der Waals surface area contributed by atoms with Crippen LogP contribution in [0.3, 0.4) is 0 Å². The number of hydrogen-bond donors (Lipinski definition) is 1. The topological polar surface area (TPSA) is 250 Å². The van der Waals surface area contributed by atoms with Gasteiger partial charge in [0.05, 0.1) is 48.5 Å². The van der Waals surface area contributed by atoms with Crippen molar-refractivity contribution < 1.29 is 38.4 Å². The van der Waals surface area contributed by atoms with E-state index < -0.39 is 79.1 Å². The van der Waals surface area contributed by atoms with Crippen LogP contribution in [-0.2, 0) is 23.7 Å². The molecule has 1 N–H and O–H groups in total. The van der Waals surface area contributed by atoms with Crippen LogP contribution in [0.4, 0.5) is 4.79 Å². The van der Waals surface area contributed by atoms with E-state index in [-0.39, 0.29) is 25.0 Å². The maximum Gasteiger partial charge on any atom is 0.410 e. The molecule has 4 aliphatic rings. The van der Waals surface area contributed by atoms with Crippen LogP contribution in [0, 0.1) is 0 Å². The molecule has 3 heterocycles. The van der Waals surface area contributed by atoms with E-state index in [0.717, 1.165) is 0 Å². The van der Waals surface area contributed by atoms with Gasteiger partial charge in [0.15, 0.2) is 12.4 Å². The Kier molecular flexibility index (Phi) is 8.33. The molecule has 5 rings (SSSR count). The molecule has 18 heteroatoms. The number of ether oxygens (including phenoxy) is 5. The number of rotatable bonds is 7. The molecule has 0 unspecified atom stereocenters. The van der Waals surface area contributed by atoms with Crippen molar-refractivity contribution in [3.8, 4) is 0 Å². The number of carbonyl (C=O) groups is 2. The van der Waals surface area contributed by atoms with Gasteiger partial charge in [0, 0.05) is 21.8 Å². The maximum absolute atomic E-state index is 12.8. The molecule has 1 amide bonds. The van der Waals surface area contributed by atoms with Crippen molar-refractivity contribution in [1.82, 2.24) is 4.90 Å². The Morgan fingerprint density at radius 1 is 1.00 bits per heavy atom. The van der Waals surface area contributed by atoms with Crippen molar-refractivity contribution in [2.75, 3.05) is 13.7 Å². The van der Waals surface area contributed by atoms with Gasteiger partial charge in [-0.2, -0.15) is 0 Å². The summed E-state index contributed by atoms with van der Waals surface area (Å²) in [7, 11) is 1.58. The molecule has 216 valence electrons. The summed E-state index contributed by atoms with van der Waals surface area (Å²) in [6.07, 6.45) is -8.26. The van der Waals surface area contributed by atoms with Crippen LogP contribution in [0.1, 0.15) is 23.2 Å². The van der Waals surface area contributed by atoms with E-state index >= 15 is 0 Å². The van der Waals surface area contributed by atoms with Crippen molar-refractivity contribution in [3.05, 3.63) is 67.2 Å². The number of esters is 1. The van der Waals surface area contributed by atoms with Crippen LogP contribution in [0.5, 0.6) is 0 Å². The van der Waals surface area contributed by atoms with Gasteiger partial charge in [0.25, 0.3) is 0 Å². The minimum atomic E-state index is -1.65. The van der Waals surface area contributed by atoms with E-state index in [1.165, 1.54) is 17.0 Å². The normalized spacial score (nSPS) is 37.7. The molecule has 0 spiro atoms. The molecular formula is C23H26N10O8. The third-order valence-corrected chi connectivity index (χ3v) is 7.71. The fraction of sp³-hybridized carbons (Fsp3) is 0.652. The molecule has 0 radical (unpaired) electrons. The summed E-state index contributed by atoms with van der Waals surface area (Å²) in [4.78, 5) is 34.9. The molecular weight excluding hydrogens is 544 g/mol. The number of nitrogens with zero attached hydrogens (tertiary/aromatic N) is 10. The third kappa shape index (κ3) is 5.53. The van der Waals surface area contributed by atoms with Crippen molar-refractivity contribution in [2.24, 2.45) is 15.3 Å². The summed E-state index contributed by atoms with van der Waals surface area (Å²) in [6, 6.07) is 4.47. The predicted molar refractivity (Wildman–Crippen MR) is 135 cm³/mol. The smallest absolute Gasteiger partial charge is 0.410 e. The molecule has 1 saturated carbocycles. The lowest BCUT2D eigenvalue weighted by Crippen LogP contribution is -2.63. The lowest BCUT2D eigenvalue weighted by molar-refractivity contribution is -0.297. The summed E-state index contributed by atoms with van der Waals surface area (Å²) in [5.41, 5.74) is 27.7. The number of aliphatic hydroxyl groups excluding tert-OH is 1. The van der Waals surface area contributed by atoms with Gasteiger partial charge >= 0.3 is 12.1 Å². The van der Waals surface area contributed by atoms with Crippen molar-refractivity contribution in [1.29, 1.82) is 0 Å². The fourth-order valence-electron chi connectivity index (χ4n) is 5.66. The first-order valence-electron chi connectivity index (χ1n) is 12.8. The Hall–Kier alpha value is -4.27. The average molecular weight is 571 g/mol. The Balaban J connectivity index is 1.41. The fourth-order valence-corrected chi connectivity index (χ4v) is 5.66. The molecule has 41 heavy (non-hydrogen) atoms. The largest absolute Gasteiger partial charge is 0.455 e. The average Bonchev–Trinajstić information content (AvgIpc) is 3.27. The van der Waals surface area contributed by atoms with Crippen LogP contribution >= 0.6 is 0 Å². The summed E-state index contributed by atoms with van der Waals surface area (Å²) in [5.74, 6) is -0.782. The van der Waals surface area contributed by atoms with Gasteiger partial charge in [-0.3, -0.25) is 0 Å². The lowest BCUT2D eigenvalue weighted by Gasteiger charge is -2.48. The van der Waals surface area contributed by atoms with Crippen molar-refractivity contribution >= 4 is 12.1 Å². The number of fused-ring (bicyclic) bond motifs is 3. The highest BCUT2D eigenvalue weighted by atomic mass is 16.7. The van der Waals surface area contributed by atoms with Crippen LogP contribution in [0.15, 0.2) is 45.7 Å². The van der Waals surface area contributed by atoms with Gasteiger partial charge in [-0.05, 0) is 41.6 Å². The van der Waals surface area contributed by atoms with E-state index in [1.54, 1.807) is 25.2 Å². The number of azide groups is 3. The second-order valence-electron chi connectivity index (χ2n) is 9.98. The Bertz CT molecular complexity index is 1300. The van der Waals surface area contributed by atoms with E-state index in [1.807, 2.05) is 0 Å². The Labute approximate surface area is 231 Å². The number of likely N-dealkylation sites (N-methyl/N-ethyl adjacent to an activating group) is 1. The first-order chi connectivity index (χ1) is 19.9. The minimum Gasteiger partial charge on any atom is -0.455 e. The van der Waals surface area contributed by atoms with Crippen LogP contribution in [0.25, 0.3) is 31.3 Å². The Morgan fingerprint density at radius 3 is 2.34 bits per heavy atom. The van der Waals surface area contributed by atoms with Gasteiger partial charge in [-0.1, -0.05) is 33.5 Å². The summed E-state index contributed by atoms with van der Waals surface area (Å²) in [6.45, 7) is 0.196.